The van der Waals surface area contributed by atoms with Crippen molar-refractivity contribution in [2.75, 3.05) is 0 Å². The monoisotopic (exact) mass is 226 g/mol. The Hall–Kier alpha value is -1.06. The molecule has 92 valence electrons. The third-order valence-electron chi connectivity index (χ3n) is 3.31. The number of nitrogens with one attached hydrogen (secondary N) is 1. The van der Waals surface area contributed by atoms with Gasteiger partial charge in [0, 0.05) is 6.42 Å². The van der Waals surface area contributed by atoms with E-state index in [0.29, 0.717) is 19.3 Å². The quantitative estimate of drug-likeness (QED) is 0.745. The summed E-state index contributed by atoms with van der Waals surface area (Å²) in [5.74, 6) is -0.417. The molecule has 4 nitrogen and oxygen atoms in total. The highest BCUT2D eigenvalue weighted by Gasteiger charge is 2.38. The van der Waals surface area contributed by atoms with Gasteiger partial charge in [-0.05, 0) is 19.3 Å². The smallest absolute Gasteiger partial charge is 0.243 e. The first kappa shape index (κ1) is 13.0. The molecule has 3 N–H and O–H groups in total. The summed E-state index contributed by atoms with van der Waals surface area (Å²) in [4.78, 5) is 23.2. The van der Waals surface area contributed by atoms with E-state index >= 15 is 0 Å². The first-order valence-corrected chi connectivity index (χ1v) is 6.21. The summed E-state index contributed by atoms with van der Waals surface area (Å²) in [6.45, 7) is 2.04. The lowest BCUT2D eigenvalue weighted by Crippen LogP contribution is -2.58. The molecule has 0 aromatic heterocycles. The number of nitrogens with two attached hydrogens (primary N) is 1. The number of rotatable bonds is 5. The number of carbonyl (C=O) groups is 2. The number of unbranched alkanes of at least 4 members (excludes halogenated alkanes) is 1. The molecule has 0 aromatic carbocycles. The maximum Gasteiger partial charge on any atom is 0.243 e. The number of primary amides is 1. The maximum absolute atomic E-state index is 11.7. The first-order valence-electron chi connectivity index (χ1n) is 6.21. The molecule has 1 aliphatic carbocycles. The van der Waals surface area contributed by atoms with E-state index in [4.69, 9.17) is 5.73 Å². The predicted molar refractivity (Wildman–Crippen MR) is 62.7 cm³/mol. The van der Waals surface area contributed by atoms with Gasteiger partial charge in [-0.3, -0.25) is 9.59 Å². The van der Waals surface area contributed by atoms with E-state index in [0.717, 1.165) is 32.1 Å². The lowest BCUT2D eigenvalue weighted by molar-refractivity contribution is -0.133. The van der Waals surface area contributed by atoms with Crippen LogP contribution in [0.1, 0.15) is 58.3 Å². The molecule has 0 spiro atoms. The molecule has 0 aliphatic heterocycles. The second kappa shape index (κ2) is 5.87. The summed E-state index contributed by atoms with van der Waals surface area (Å²) >= 11 is 0. The molecule has 0 unspecified atom stereocenters. The summed E-state index contributed by atoms with van der Waals surface area (Å²) in [5.41, 5.74) is 4.66. The highest BCUT2D eigenvalue weighted by Crippen LogP contribution is 2.28. The Morgan fingerprint density at radius 1 is 1.25 bits per heavy atom. The molecule has 1 rings (SSSR count). The fraction of sp³-hybridized carbons (Fsp3) is 0.833. The van der Waals surface area contributed by atoms with Crippen molar-refractivity contribution in [3.8, 4) is 0 Å². The molecule has 0 saturated heterocycles. The largest absolute Gasteiger partial charge is 0.368 e. The summed E-state index contributed by atoms with van der Waals surface area (Å²) in [7, 11) is 0. The van der Waals surface area contributed by atoms with Crippen LogP contribution in [0.15, 0.2) is 0 Å². The molecule has 1 fully saturated rings. The standard InChI is InChI=1S/C12H22N2O2/c1-2-3-7-10(15)14-12(11(13)16)8-5-4-6-9-12/h2-9H2,1H3,(H2,13,16)(H,14,15). The van der Waals surface area contributed by atoms with E-state index in [9.17, 15) is 9.59 Å². The topological polar surface area (TPSA) is 72.2 Å². The molecule has 16 heavy (non-hydrogen) atoms. The predicted octanol–water partition coefficient (Wildman–Crippen LogP) is 1.48. The summed E-state index contributed by atoms with van der Waals surface area (Å²) in [5, 5.41) is 2.85. The zero-order valence-electron chi connectivity index (χ0n) is 10.1. The Balaban J connectivity index is 2.56. The van der Waals surface area contributed by atoms with Crippen molar-refractivity contribution >= 4 is 11.8 Å². The normalized spacial score (nSPS) is 19.1. The molecule has 0 bridgehead atoms. The van der Waals surface area contributed by atoms with Gasteiger partial charge in [-0.25, -0.2) is 0 Å². The minimum Gasteiger partial charge on any atom is -0.368 e. The maximum atomic E-state index is 11.7. The highest BCUT2D eigenvalue weighted by atomic mass is 16.2. The van der Waals surface area contributed by atoms with Crippen LogP contribution in [-0.2, 0) is 9.59 Å². The van der Waals surface area contributed by atoms with Crippen LogP contribution >= 0.6 is 0 Å². The Morgan fingerprint density at radius 3 is 2.38 bits per heavy atom. The van der Waals surface area contributed by atoms with Crippen molar-refractivity contribution < 1.29 is 9.59 Å². The van der Waals surface area contributed by atoms with Gasteiger partial charge in [0.05, 0.1) is 0 Å². The molecule has 0 aromatic rings. The zero-order valence-corrected chi connectivity index (χ0v) is 10.1. The van der Waals surface area contributed by atoms with E-state index in [1.54, 1.807) is 0 Å². The van der Waals surface area contributed by atoms with Crippen LogP contribution in [0.25, 0.3) is 0 Å². The zero-order chi connectivity index (χ0) is 12.0. The average molecular weight is 226 g/mol. The van der Waals surface area contributed by atoms with Crippen molar-refractivity contribution in [3.05, 3.63) is 0 Å². The molecular weight excluding hydrogens is 204 g/mol. The van der Waals surface area contributed by atoms with Gasteiger partial charge >= 0.3 is 0 Å². The van der Waals surface area contributed by atoms with Gasteiger partial charge in [-0.15, -0.1) is 0 Å². The van der Waals surface area contributed by atoms with Gasteiger partial charge in [0.25, 0.3) is 0 Å². The fourth-order valence-corrected chi connectivity index (χ4v) is 2.26. The van der Waals surface area contributed by atoms with Crippen LogP contribution < -0.4 is 11.1 Å². The summed E-state index contributed by atoms with van der Waals surface area (Å²) < 4.78 is 0. The first-order chi connectivity index (χ1) is 7.60. The minimum atomic E-state index is -0.761. The van der Waals surface area contributed by atoms with E-state index < -0.39 is 5.54 Å². The Labute approximate surface area is 97.0 Å². The summed E-state index contributed by atoms with van der Waals surface area (Å²) in [6, 6.07) is 0. The van der Waals surface area contributed by atoms with Crippen molar-refractivity contribution in [2.45, 2.75) is 63.8 Å². The molecule has 1 aliphatic rings. The third-order valence-corrected chi connectivity index (χ3v) is 3.31. The number of hydrogen-bond acceptors (Lipinski definition) is 2. The van der Waals surface area contributed by atoms with Gasteiger partial charge < -0.3 is 11.1 Å². The average Bonchev–Trinajstić information content (AvgIpc) is 2.27. The number of amides is 2. The lowest BCUT2D eigenvalue weighted by atomic mass is 9.81. The Morgan fingerprint density at radius 2 is 1.88 bits per heavy atom. The SMILES string of the molecule is CCCCC(=O)NC1(C(N)=O)CCCCC1. The van der Waals surface area contributed by atoms with Gasteiger partial charge in [-0.2, -0.15) is 0 Å². The van der Waals surface area contributed by atoms with Gasteiger partial charge in [0.2, 0.25) is 11.8 Å². The third kappa shape index (κ3) is 3.22. The summed E-state index contributed by atoms with van der Waals surface area (Å²) in [6.07, 6.45) is 6.79. The van der Waals surface area contributed by atoms with Crippen molar-refractivity contribution in [2.24, 2.45) is 5.73 Å². The Kier molecular flexibility index (Phi) is 4.77. The Bertz CT molecular complexity index is 258. The molecule has 0 atom stereocenters. The molecule has 4 heteroatoms. The van der Waals surface area contributed by atoms with E-state index in [1.165, 1.54) is 0 Å². The molecule has 0 heterocycles. The highest BCUT2D eigenvalue weighted by molar-refractivity contribution is 5.90. The van der Waals surface area contributed by atoms with E-state index in [1.807, 2.05) is 6.92 Å². The molecular formula is C12H22N2O2. The van der Waals surface area contributed by atoms with Crippen LogP contribution in [-0.4, -0.2) is 17.4 Å². The van der Waals surface area contributed by atoms with Gasteiger partial charge in [0.15, 0.2) is 0 Å². The number of hydrogen-bond donors (Lipinski definition) is 2. The second-order valence-electron chi connectivity index (χ2n) is 4.66. The molecule has 0 radical (unpaired) electrons. The second-order valence-corrected chi connectivity index (χ2v) is 4.66. The van der Waals surface area contributed by atoms with Crippen molar-refractivity contribution in [3.63, 3.8) is 0 Å². The van der Waals surface area contributed by atoms with Gasteiger partial charge in [-0.1, -0.05) is 32.6 Å². The van der Waals surface area contributed by atoms with E-state index in [-0.39, 0.29) is 11.8 Å². The minimum absolute atomic E-state index is 0.0393. The number of carbonyl (C=O) groups excluding carboxylic acids is 2. The lowest BCUT2D eigenvalue weighted by Gasteiger charge is -2.35. The van der Waals surface area contributed by atoms with Crippen LogP contribution in [0.3, 0.4) is 0 Å². The van der Waals surface area contributed by atoms with Crippen LogP contribution in [0.4, 0.5) is 0 Å². The van der Waals surface area contributed by atoms with Crippen LogP contribution in [0.2, 0.25) is 0 Å². The fourth-order valence-electron chi connectivity index (χ4n) is 2.26. The van der Waals surface area contributed by atoms with Crippen LogP contribution in [0, 0.1) is 0 Å². The molecule has 2 amide bonds. The van der Waals surface area contributed by atoms with Crippen molar-refractivity contribution in [1.29, 1.82) is 0 Å². The van der Waals surface area contributed by atoms with Crippen molar-refractivity contribution in [1.82, 2.24) is 5.32 Å². The van der Waals surface area contributed by atoms with E-state index in [2.05, 4.69) is 5.32 Å². The molecule has 1 saturated carbocycles. The van der Waals surface area contributed by atoms with Crippen LogP contribution in [0.5, 0.6) is 0 Å². The van der Waals surface area contributed by atoms with Gasteiger partial charge in [0.1, 0.15) is 5.54 Å².